The minimum atomic E-state index is -0.268. The first-order valence-electron chi connectivity index (χ1n) is 6.57. The van der Waals surface area contributed by atoms with Crippen LogP contribution in [0.3, 0.4) is 0 Å². The van der Waals surface area contributed by atoms with Gasteiger partial charge in [0.15, 0.2) is 0 Å². The predicted octanol–water partition coefficient (Wildman–Crippen LogP) is 3.22. The third-order valence-corrected chi connectivity index (χ3v) is 4.34. The van der Waals surface area contributed by atoms with Crippen molar-refractivity contribution in [3.8, 4) is 0 Å². The highest BCUT2D eigenvalue weighted by Crippen LogP contribution is 2.42. The molecule has 0 aliphatic heterocycles. The van der Waals surface area contributed by atoms with Gasteiger partial charge < -0.3 is 9.64 Å². The monoisotopic (exact) mass is 325 g/mol. The standard InChI is InChI=1S/C15H20BrNO2/c1-17(10-12-5-3-6-13(16)9-12)11-15(7-4-8-15)14(18)19-2/h3,5-6,9H,4,7-8,10-11H2,1-2H3. The van der Waals surface area contributed by atoms with Crippen LogP contribution in [0, 0.1) is 5.41 Å². The summed E-state index contributed by atoms with van der Waals surface area (Å²) in [5, 5.41) is 0. The molecule has 0 radical (unpaired) electrons. The van der Waals surface area contributed by atoms with Gasteiger partial charge in [-0.25, -0.2) is 0 Å². The highest BCUT2D eigenvalue weighted by atomic mass is 79.9. The Morgan fingerprint density at radius 1 is 1.47 bits per heavy atom. The molecule has 4 heteroatoms. The van der Waals surface area contributed by atoms with Crippen molar-refractivity contribution in [1.82, 2.24) is 4.90 Å². The Balaban J connectivity index is 1.97. The molecule has 1 aliphatic rings. The largest absolute Gasteiger partial charge is 0.469 e. The summed E-state index contributed by atoms with van der Waals surface area (Å²) >= 11 is 3.48. The third kappa shape index (κ3) is 3.37. The molecule has 0 bridgehead atoms. The van der Waals surface area contributed by atoms with Crippen LogP contribution in [0.1, 0.15) is 24.8 Å². The van der Waals surface area contributed by atoms with Gasteiger partial charge in [0.25, 0.3) is 0 Å². The van der Waals surface area contributed by atoms with Crippen molar-refractivity contribution >= 4 is 21.9 Å². The van der Waals surface area contributed by atoms with Crippen molar-refractivity contribution in [2.75, 3.05) is 20.7 Å². The fraction of sp³-hybridized carbons (Fsp3) is 0.533. The van der Waals surface area contributed by atoms with E-state index in [0.29, 0.717) is 0 Å². The quantitative estimate of drug-likeness (QED) is 0.778. The lowest BCUT2D eigenvalue weighted by Gasteiger charge is -2.41. The Morgan fingerprint density at radius 3 is 2.74 bits per heavy atom. The van der Waals surface area contributed by atoms with Crippen LogP contribution in [-0.2, 0) is 16.1 Å². The summed E-state index contributed by atoms with van der Waals surface area (Å²) in [6.07, 6.45) is 3.02. The molecule has 1 aromatic rings. The molecule has 19 heavy (non-hydrogen) atoms. The minimum absolute atomic E-state index is 0.0557. The van der Waals surface area contributed by atoms with Crippen LogP contribution in [0.2, 0.25) is 0 Å². The molecule has 0 unspecified atom stereocenters. The lowest BCUT2D eigenvalue weighted by Crippen LogP contribution is -2.47. The van der Waals surface area contributed by atoms with E-state index in [1.165, 1.54) is 12.7 Å². The second-order valence-corrected chi connectivity index (χ2v) is 6.34. The van der Waals surface area contributed by atoms with E-state index < -0.39 is 0 Å². The Morgan fingerprint density at radius 2 is 2.21 bits per heavy atom. The summed E-state index contributed by atoms with van der Waals surface area (Å²) in [4.78, 5) is 14.1. The normalized spacial score (nSPS) is 17.1. The maximum absolute atomic E-state index is 11.9. The first-order chi connectivity index (χ1) is 9.05. The molecule has 0 heterocycles. The molecule has 3 nitrogen and oxygen atoms in total. The van der Waals surface area contributed by atoms with Gasteiger partial charge in [0.2, 0.25) is 0 Å². The van der Waals surface area contributed by atoms with Gasteiger partial charge in [-0.05, 0) is 37.6 Å². The SMILES string of the molecule is COC(=O)C1(CN(C)Cc2cccc(Br)c2)CCC1. The van der Waals surface area contributed by atoms with Crippen LogP contribution >= 0.6 is 15.9 Å². The second kappa shape index (κ2) is 6.06. The Kier molecular flexibility index (Phi) is 4.63. The number of methoxy groups -OCH3 is 1. The summed E-state index contributed by atoms with van der Waals surface area (Å²) < 4.78 is 6.04. The van der Waals surface area contributed by atoms with Crippen molar-refractivity contribution in [2.45, 2.75) is 25.8 Å². The van der Waals surface area contributed by atoms with Crippen molar-refractivity contribution in [2.24, 2.45) is 5.41 Å². The van der Waals surface area contributed by atoms with Crippen LogP contribution in [0.25, 0.3) is 0 Å². The molecule has 0 aromatic heterocycles. The number of carbonyl (C=O) groups excluding carboxylic acids is 1. The first-order valence-corrected chi connectivity index (χ1v) is 7.36. The zero-order valence-corrected chi connectivity index (χ0v) is 13.1. The van der Waals surface area contributed by atoms with Gasteiger partial charge in [-0.2, -0.15) is 0 Å². The van der Waals surface area contributed by atoms with Gasteiger partial charge in [-0.3, -0.25) is 4.79 Å². The van der Waals surface area contributed by atoms with Gasteiger partial charge in [-0.1, -0.05) is 34.5 Å². The Hall–Kier alpha value is -0.870. The van der Waals surface area contributed by atoms with E-state index in [2.05, 4.69) is 40.0 Å². The number of rotatable bonds is 5. The lowest BCUT2D eigenvalue weighted by atomic mass is 9.68. The molecule has 1 aliphatic carbocycles. The van der Waals surface area contributed by atoms with E-state index in [0.717, 1.165) is 36.8 Å². The fourth-order valence-electron chi connectivity index (χ4n) is 2.77. The smallest absolute Gasteiger partial charge is 0.313 e. The first kappa shape index (κ1) is 14.5. The van der Waals surface area contributed by atoms with Gasteiger partial charge in [-0.15, -0.1) is 0 Å². The number of esters is 1. The van der Waals surface area contributed by atoms with E-state index in [1.807, 2.05) is 12.1 Å². The van der Waals surface area contributed by atoms with Crippen LogP contribution < -0.4 is 0 Å². The van der Waals surface area contributed by atoms with Gasteiger partial charge in [0.05, 0.1) is 12.5 Å². The highest BCUT2D eigenvalue weighted by Gasteiger charge is 2.45. The molecule has 0 saturated heterocycles. The zero-order chi connectivity index (χ0) is 13.9. The number of hydrogen-bond acceptors (Lipinski definition) is 3. The summed E-state index contributed by atoms with van der Waals surface area (Å²) in [6, 6.07) is 8.27. The fourth-order valence-corrected chi connectivity index (χ4v) is 3.21. The Bertz CT molecular complexity index is 457. The van der Waals surface area contributed by atoms with Crippen molar-refractivity contribution in [3.05, 3.63) is 34.3 Å². The number of ether oxygens (including phenoxy) is 1. The molecule has 0 spiro atoms. The average molecular weight is 326 g/mol. The van der Waals surface area contributed by atoms with E-state index in [1.54, 1.807) is 0 Å². The predicted molar refractivity (Wildman–Crippen MR) is 78.8 cm³/mol. The summed E-state index contributed by atoms with van der Waals surface area (Å²) in [5.74, 6) is -0.0557. The maximum atomic E-state index is 11.9. The Labute approximate surface area is 123 Å². The average Bonchev–Trinajstić information content (AvgIpc) is 2.33. The molecular formula is C15H20BrNO2. The van der Waals surface area contributed by atoms with Crippen molar-refractivity contribution in [1.29, 1.82) is 0 Å². The molecule has 2 rings (SSSR count). The molecule has 1 saturated carbocycles. The molecular weight excluding hydrogens is 306 g/mol. The van der Waals surface area contributed by atoms with E-state index >= 15 is 0 Å². The third-order valence-electron chi connectivity index (χ3n) is 3.84. The second-order valence-electron chi connectivity index (χ2n) is 5.43. The summed E-state index contributed by atoms with van der Waals surface area (Å²) in [7, 11) is 3.54. The van der Waals surface area contributed by atoms with Crippen LogP contribution in [0.15, 0.2) is 28.7 Å². The number of nitrogens with zero attached hydrogens (tertiary/aromatic N) is 1. The molecule has 0 atom stereocenters. The van der Waals surface area contributed by atoms with E-state index in [9.17, 15) is 4.79 Å². The molecule has 1 aromatic carbocycles. The van der Waals surface area contributed by atoms with E-state index in [-0.39, 0.29) is 11.4 Å². The summed E-state index contributed by atoms with van der Waals surface area (Å²) in [5.41, 5.74) is 0.978. The maximum Gasteiger partial charge on any atom is 0.313 e. The number of hydrogen-bond donors (Lipinski definition) is 0. The molecule has 1 fully saturated rings. The van der Waals surface area contributed by atoms with Crippen LogP contribution in [0.4, 0.5) is 0 Å². The van der Waals surface area contributed by atoms with Crippen molar-refractivity contribution < 1.29 is 9.53 Å². The van der Waals surface area contributed by atoms with E-state index in [4.69, 9.17) is 4.74 Å². The minimum Gasteiger partial charge on any atom is -0.469 e. The topological polar surface area (TPSA) is 29.5 Å². The molecule has 0 amide bonds. The van der Waals surface area contributed by atoms with Crippen molar-refractivity contribution in [3.63, 3.8) is 0 Å². The lowest BCUT2D eigenvalue weighted by molar-refractivity contribution is -0.160. The summed E-state index contributed by atoms with van der Waals surface area (Å²) in [6.45, 7) is 1.62. The number of halogens is 1. The number of benzene rings is 1. The van der Waals surface area contributed by atoms with Gasteiger partial charge >= 0.3 is 5.97 Å². The van der Waals surface area contributed by atoms with Gasteiger partial charge in [0.1, 0.15) is 0 Å². The molecule has 0 N–H and O–H groups in total. The number of carbonyl (C=O) groups is 1. The van der Waals surface area contributed by atoms with Gasteiger partial charge in [0, 0.05) is 17.6 Å². The van der Waals surface area contributed by atoms with Crippen LogP contribution in [0.5, 0.6) is 0 Å². The highest BCUT2D eigenvalue weighted by molar-refractivity contribution is 9.10. The van der Waals surface area contributed by atoms with Crippen LogP contribution in [-0.4, -0.2) is 31.6 Å². The molecule has 104 valence electrons. The zero-order valence-electron chi connectivity index (χ0n) is 11.5.